The lowest BCUT2D eigenvalue weighted by molar-refractivity contribution is -0.385. The van der Waals surface area contributed by atoms with Crippen LogP contribution in [0.15, 0.2) is 54.7 Å². The van der Waals surface area contributed by atoms with E-state index >= 15 is 0 Å². The number of aromatic nitrogens is 1. The molecule has 1 aromatic heterocycles. The lowest BCUT2D eigenvalue weighted by Crippen LogP contribution is -2.26. The van der Waals surface area contributed by atoms with Crippen molar-refractivity contribution in [2.24, 2.45) is 0 Å². The number of nitrogens with one attached hydrogen (secondary N) is 1. The highest BCUT2D eigenvalue weighted by atomic mass is 16.6. The number of carbonyl (C=O) groups is 2. The van der Waals surface area contributed by atoms with Crippen LogP contribution in [0, 0.1) is 34.1 Å². The Kier molecular flexibility index (Phi) is 6.43. The standard InChI is InChI=1S/C22H19N5O6/c1-13-4-6-15(10-18(13)26(30)31)21(28)24-20-9-8-17(12-23-20)25(3)22(29)16-7-5-14(2)19(11-16)27(32)33/h4-12H,1-3H3,(H,23,24,28). The number of rotatable bonds is 6. The Balaban J connectivity index is 1.75. The third kappa shape index (κ3) is 4.98. The lowest BCUT2D eigenvalue weighted by Gasteiger charge is -2.17. The van der Waals surface area contributed by atoms with Crippen LogP contribution >= 0.6 is 0 Å². The summed E-state index contributed by atoms with van der Waals surface area (Å²) < 4.78 is 0. The van der Waals surface area contributed by atoms with Gasteiger partial charge < -0.3 is 10.2 Å². The zero-order chi connectivity index (χ0) is 24.3. The van der Waals surface area contributed by atoms with Crippen LogP contribution in [0.3, 0.4) is 0 Å². The fourth-order valence-electron chi connectivity index (χ4n) is 3.04. The normalized spacial score (nSPS) is 10.4. The number of nitrogens with zero attached hydrogens (tertiary/aromatic N) is 4. The summed E-state index contributed by atoms with van der Waals surface area (Å²) in [6, 6.07) is 11.4. The molecule has 3 rings (SSSR count). The molecular weight excluding hydrogens is 430 g/mol. The number of nitro benzene ring substituents is 2. The van der Waals surface area contributed by atoms with Gasteiger partial charge in [-0.3, -0.25) is 29.8 Å². The first-order valence-corrected chi connectivity index (χ1v) is 9.64. The molecule has 3 aromatic rings. The van der Waals surface area contributed by atoms with E-state index in [0.29, 0.717) is 16.8 Å². The van der Waals surface area contributed by atoms with E-state index in [1.807, 2.05) is 0 Å². The lowest BCUT2D eigenvalue weighted by atomic mass is 10.1. The van der Waals surface area contributed by atoms with Crippen molar-refractivity contribution < 1.29 is 19.4 Å². The van der Waals surface area contributed by atoms with Crippen LogP contribution in [0.1, 0.15) is 31.8 Å². The van der Waals surface area contributed by atoms with Gasteiger partial charge in [-0.1, -0.05) is 12.1 Å². The quantitative estimate of drug-likeness (QED) is 0.441. The monoisotopic (exact) mass is 449 g/mol. The minimum atomic E-state index is -0.574. The number of pyridine rings is 1. The van der Waals surface area contributed by atoms with Gasteiger partial charge in [0.2, 0.25) is 0 Å². The van der Waals surface area contributed by atoms with Crippen molar-refractivity contribution in [3.63, 3.8) is 0 Å². The molecule has 2 aromatic carbocycles. The predicted molar refractivity (Wildman–Crippen MR) is 121 cm³/mol. The van der Waals surface area contributed by atoms with Crippen molar-refractivity contribution in [1.29, 1.82) is 0 Å². The van der Waals surface area contributed by atoms with Crippen molar-refractivity contribution in [2.75, 3.05) is 17.3 Å². The van der Waals surface area contributed by atoms with Crippen LogP contribution in [-0.4, -0.2) is 33.7 Å². The summed E-state index contributed by atoms with van der Waals surface area (Å²) in [6.45, 7) is 3.16. The van der Waals surface area contributed by atoms with Crippen molar-refractivity contribution in [1.82, 2.24) is 4.98 Å². The van der Waals surface area contributed by atoms with Gasteiger partial charge in [-0.05, 0) is 38.1 Å². The first-order chi connectivity index (χ1) is 15.6. The van der Waals surface area contributed by atoms with Gasteiger partial charge in [0.25, 0.3) is 23.2 Å². The highest BCUT2D eigenvalue weighted by Gasteiger charge is 2.19. The molecule has 1 N–H and O–H groups in total. The smallest absolute Gasteiger partial charge is 0.273 e. The second-order valence-corrected chi connectivity index (χ2v) is 7.24. The van der Waals surface area contributed by atoms with Gasteiger partial charge in [-0.2, -0.15) is 0 Å². The first-order valence-electron chi connectivity index (χ1n) is 9.64. The van der Waals surface area contributed by atoms with E-state index < -0.39 is 21.7 Å². The Hall–Kier alpha value is -4.67. The van der Waals surface area contributed by atoms with E-state index in [-0.39, 0.29) is 28.3 Å². The summed E-state index contributed by atoms with van der Waals surface area (Å²) in [5.41, 5.74) is 1.21. The van der Waals surface area contributed by atoms with Crippen molar-refractivity contribution in [3.8, 4) is 0 Å². The predicted octanol–water partition coefficient (Wildman–Crippen LogP) is 4.04. The third-order valence-electron chi connectivity index (χ3n) is 5.00. The van der Waals surface area contributed by atoms with E-state index in [9.17, 15) is 29.8 Å². The summed E-state index contributed by atoms with van der Waals surface area (Å²) in [6.07, 6.45) is 1.35. The molecule has 0 spiro atoms. The Morgan fingerprint density at radius 2 is 1.42 bits per heavy atom. The Morgan fingerprint density at radius 1 is 0.879 bits per heavy atom. The van der Waals surface area contributed by atoms with Gasteiger partial charge in [-0.15, -0.1) is 0 Å². The molecule has 33 heavy (non-hydrogen) atoms. The minimum absolute atomic E-state index is 0.103. The van der Waals surface area contributed by atoms with Gasteiger partial charge in [0, 0.05) is 41.4 Å². The second-order valence-electron chi connectivity index (χ2n) is 7.24. The molecule has 2 amide bonds. The van der Waals surface area contributed by atoms with E-state index in [0.717, 1.165) is 0 Å². The number of hydrogen-bond donors (Lipinski definition) is 1. The summed E-state index contributed by atoms with van der Waals surface area (Å²) in [7, 11) is 1.49. The molecule has 11 heteroatoms. The highest BCUT2D eigenvalue weighted by molar-refractivity contribution is 6.06. The molecule has 0 radical (unpaired) electrons. The van der Waals surface area contributed by atoms with Crippen LogP contribution in [0.2, 0.25) is 0 Å². The summed E-state index contributed by atoms with van der Waals surface area (Å²) >= 11 is 0. The maximum Gasteiger partial charge on any atom is 0.273 e. The number of anilines is 2. The van der Waals surface area contributed by atoms with Crippen LogP contribution in [0.5, 0.6) is 0 Å². The van der Waals surface area contributed by atoms with Gasteiger partial charge in [-0.25, -0.2) is 4.98 Å². The van der Waals surface area contributed by atoms with Crippen LogP contribution in [0.4, 0.5) is 22.9 Å². The molecule has 11 nitrogen and oxygen atoms in total. The summed E-state index contributed by atoms with van der Waals surface area (Å²) in [5, 5.41) is 24.8. The highest BCUT2D eigenvalue weighted by Crippen LogP contribution is 2.23. The number of carbonyl (C=O) groups excluding carboxylic acids is 2. The van der Waals surface area contributed by atoms with Gasteiger partial charge in [0.05, 0.1) is 21.7 Å². The van der Waals surface area contributed by atoms with E-state index in [1.165, 1.54) is 60.6 Å². The fourth-order valence-corrected chi connectivity index (χ4v) is 3.04. The molecule has 0 unspecified atom stereocenters. The Morgan fingerprint density at radius 3 is 1.94 bits per heavy atom. The molecule has 0 aliphatic carbocycles. The van der Waals surface area contributed by atoms with E-state index in [2.05, 4.69) is 10.3 Å². The second kappa shape index (κ2) is 9.22. The number of aryl methyl sites for hydroxylation is 2. The molecule has 0 aliphatic rings. The average Bonchev–Trinajstić information content (AvgIpc) is 2.78. The molecule has 168 valence electrons. The fraction of sp³-hybridized carbons (Fsp3) is 0.136. The van der Waals surface area contributed by atoms with Crippen molar-refractivity contribution >= 4 is 34.7 Å². The first kappa shape index (κ1) is 23.0. The Bertz CT molecular complexity index is 1270. The van der Waals surface area contributed by atoms with Gasteiger partial charge >= 0.3 is 0 Å². The minimum Gasteiger partial charge on any atom is -0.310 e. The molecule has 0 bridgehead atoms. The van der Waals surface area contributed by atoms with Crippen LogP contribution in [0.25, 0.3) is 0 Å². The van der Waals surface area contributed by atoms with Crippen molar-refractivity contribution in [2.45, 2.75) is 13.8 Å². The molecule has 0 saturated heterocycles. The maximum atomic E-state index is 12.7. The zero-order valence-electron chi connectivity index (χ0n) is 17.9. The SMILES string of the molecule is Cc1ccc(C(=O)Nc2ccc(N(C)C(=O)c3ccc(C)c([N+](=O)[O-])c3)cn2)cc1[N+](=O)[O-]. The van der Waals surface area contributed by atoms with Crippen LogP contribution < -0.4 is 10.2 Å². The number of benzene rings is 2. The molecule has 1 heterocycles. The molecule has 0 saturated carbocycles. The molecule has 0 aliphatic heterocycles. The third-order valence-corrected chi connectivity index (χ3v) is 5.00. The maximum absolute atomic E-state index is 12.7. The zero-order valence-corrected chi connectivity index (χ0v) is 17.9. The molecule has 0 fully saturated rings. The molecular formula is C22H19N5O6. The number of nitro groups is 2. The van der Waals surface area contributed by atoms with Gasteiger partial charge in [0.1, 0.15) is 5.82 Å². The number of hydrogen-bond acceptors (Lipinski definition) is 7. The van der Waals surface area contributed by atoms with E-state index in [1.54, 1.807) is 19.9 Å². The Labute approximate surface area is 188 Å². The van der Waals surface area contributed by atoms with Crippen LogP contribution in [-0.2, 0) is 0 Å². The number of amides is 2. The van der Waals surface area contributed by atoms with E-state index in [4.69, 9.17) is 0 Å². The topological polar surface area (TPSA) is 149 Å². The summed E-state index contributed by atoms with van der Waals surface area (Å²) in [4.78, 5) is 51.7. The van der Waals surface area contributed by atoms with Crippen molar-refractivity contribution in [3.05, 3.63) is 97.2 Å². The average molecular weight is 449 g/mol. The summed E-state index contributed by atoms with van der Waals surface area (Å²) in [5.74, 6) is -0.864. The largest absolute Gasteiger partial charge is 0.310 e. The van der Waals surface area contributed by atoms with Gasteiger partial charge in [0.15, 0.2) is 0 Å². The molecule has 0 atom stereocenters.